The standard InChI is InChI=1S/C22H31N5.HI/c1-3-23-22(25-14-12-20-10-4-5-13-24-20)26-18(2)19-9-8-11-21(17-19)27-15-6-7-16-27;/h4-5,8-11,13,17-18H,3,6-7,12,14-16H2,1-2H3,(H2,23,25,26);1H. The van der Waals surface area contributed by atoms with Crippen molar-refractivity contribution >= 4 is 35.6 Å². The highest BCUT2D eigenvalue weighted by molar-refractivity contribution is 14.0. The van der Waals surface area contributed by atoms with Crippen LogP contribution in [0.25, 0.3) is 0 Å². The Morgan fingerprint density at radius 2 is 2.00 bits per heavy atom. The number of anilines is 1. The fourth-order valence-electron chi connectivity index (χ4n) is 3.40. The van der Waals surface area contributed by atoms with Crippen molar-refractivity contribution in [2.24, 2.45) is 4.99 Å². The quantitative estimate of drug-likeness (QED) is 0.346. The molecule has 2 heterocycles. The van der Waals surface area contributed by atoms with Gasteiger partial charge in [0.25, 0.3) is 0 Å². The molecule has 0 aliphatic carbocycles. The van der Waals surface area contributed by atoms with Crippen LogP contribution in [-0.2, 0) is 6.42 Å². The van der Waals surface area contributed by atoms with Crippen LogP contribution in [0, 0.1) is 0 Å². The molecule has 1 aromatic heterocycles. The normalized spacial score (nSPS) is 15.1. The van der Waals surface area contributed by atoms with Gasteiger partial charge >= 0.3 is 0 Å². The second kappa shape index (κ2) is 11.9. The van der Waals surface area contributed by atoms with Gasteiger partial charge in [-0.1, -0.05) is 18.2 Å². The largest absolute Gasteiger partial charge is 0.372 e. The van der Waals surface area contributed by atoms with E-state index in [1.54, 1.807) is 0 Å². The minimum Gasteiger partial charge on any atom is -0.372 e. The lowest BCUT2D eigenvalue weighted by Gasteiger charge is -2.22. The van der Waals surface area contributed by atoms with Gasteiger partial charge in [0.15, 0.2) is 5.96 Å². The average molecular weight is 493 g/mol. The first-order valence-corrected chi connectivity index (χ1v) is 10.1. The number of hydrogen-bond donors (Lipinski definition) is 2. The number of hydrogen-bond acceptors (Lipinski definition) is 3. The van der Waals surface area contributed by atoms with Crippen molar-refractivity contribution in [1.82, 2.24) is 15.6 Å². The molecule has 0 saturated carbocycles. The molecule has 6 heteroatoms. The highest BCUT2D eigenvalue weighted by Crippen LogP contribution is 2.23. The Bertz CT molecular complexity index is 729. The predicted molar refractivity (Wildman–Crippen MR) is 129 cm³/mol. The number of aromatic nitrogens is 1. The smallest absolute Gasteiger partial charge is 0.191 e. The molecule has 0 bridgehead atoms. The number of nitrogens with zero attached hydrogens (tertiary/aromatic N) is 3. The van der Waals surface area contributed by atoms with Gasteiger partial charge in [-0.2, -0.15) is 0 Å². The molecule has 0 spiro atoms. The van der Waals surface area contributed by atoms with Crippen LogP contribution in [0.2, 0.25) is 0 Å². The minimum atomic E-state index is 0. The molecule has 1 aliphatic heterocycles. The summed E-state index contributed by atoms with van der Waals surface area (Å²) in [4.78, 5) is 11.6. The van der Waals surface area contributed by atoms with Gasteiger partial charge in [-0.25, -0.2) is 0 Å². The monoisotopic (exact) mass is 493 g/mol. The fourth-order valence-corrected chi connectivity index (χ4v) is 3.40. The van der Waals surface area contributed by atoms with Gasteiger partial charge in [0, 0.05) is 50.2 Å². The van der Waals surface area contributed by atoms with Crippen LogP contribution in [0.15, 0.2) is 53.7 Å². The molecule has 0 radical (unpaired) electrons. The number of rotatable bonds is 7. The van der Waals surface area contributed by atoms with Crippen molar-refractivity contribution in [2.75, 3.05) is 31.1 Å². The van der Waals surface area contributed by atoms with E-state index in [-0.39, 0.29) is 30.0 Å². The van der Waals surface area contributed by atoms with Gasteiger partial charge in [0.1, 0.15) is 0 Å². The van der Waals surface area contributed by atoms with E-state index in [9.17, 15) is 0 Å². The Kier molecular flexibility index (Phi) is 9.54. The average Bonchev–Trinajstić information content (AvgIpc) is 3.24. The molecular formula is C22H32IN5. The molecule has 1 aliphatic rings. The predicted octanol–water partition coefficient (Wildman–Crippen LogP) is 4.16. The Morgan fingerprint density at radius 1 is 1.18 bits per heavy atom. The van der Waals surface area contributed by atoms with Crippen molar-refractivity contribution in [2.45, 2.75) is 39.2 Å². The fraction of sp³-hybridized carbons (Fsp3) is 0.455. The first-order valence-electron chi connectivity index (χ1n) is 10.1. The zero-order valence-electron chi connectivity index (χ0n) is 16.9. The third-order valence-corrected chi connectivity index (χ3v) is 4.90. The number of guanidine groups is 1. The molecule has 2 aromatic rings. The number of aliphatic imine (C=N–C) groups is 1. The lowest BCUT2D eigenvalue weighted by Crippen LogP contribution is -2.39. The highest BCUT2D eigenvalue weighted by atomic mass is 127. The Labute approximate surface area is 186 Å². The van der Waals surface area contributed by atoms with Crippen LogP contribution in [0.4, 0.5) is 5.69 Å². The second-order valence-electron chi connectivity index (χ2n) is 6.99. The molecule has 2 N–H and O–H groups in total. The summed E-state index contributed by atoms with van der Waals surface area (Å²) in [6.45, 7) is 8.18. The molecule has 1 fully saturated rings. The molecule has 1 unspecified atom stereocenters. The summed E-state index contributed by atoms with van der Waals surface area (Å²) in [6.07, 6.45) is 5.27. The first kappa shape index (κ1) is 22.5. The number of pyridine rings is 1. The zero-order chi connectivity index (χ0) is 18.9. The summed E-state index contributed by atoms with van der Waals surface area (Å²) in [5.41, 5.74) is 3.69. The third-order valence-electron chi connectivity index (χ3n) is 4.90. The van der Waals surface area contributed by atoms with Gasteiger partial charge in [-0.15, -0.1) is 24.0 Å². The van der Waals surface area contributed by atoms with Crippen molar-refractivity contribution in [1.29, 1.82) is 0 Å². The summed E-state index contributed by atoms with van der Waals surface area (Å²) in [7, 11) is 0. The first-order chi connectivity index (χ1) is 13.3. The molecule has 5 nitrogen and oxygen atoms in total. The van der Waals surface area contributed by atoms with Crippen molar-refractivity contribution < 1.29 is 0 Å². The molecule has 3 rings (SSSR count). The second-order valence-corrected chi connectivity index (χ2v) is 6.99. The van der Waals surface area contributed by atoms with Crippen LogP contribution in [-0.4, -0.2) is 37.1 Å². The minimum absolute atomic E-state index is 0. The maximum atomic E-state index is 4.72. The topological polar surface area (TPSA) is 52.6 Å². The van der Waals surface area contributed by atoms with E-state index < -0.39 is 0 Å². The highest BCUT2D eigenvalue weighted by Gasteiger charge is 2.14. The molecule has 152 valence electrons. The number of benzene rings is 1. The van der Waals surface area contributed by atoms with E-state index in [1.165, 1.54) is 37.2 Å². The van der Waals surface area contributed by atoms with E-state index in [1.807, 2.05) is 24.4 Å². The maximum Gasteiger partial charge on any atom is 0.191 e. The van der Waals surface area contributed by atoms with Crippen LogP contribution < -0.4 is 15.5 Å². The molecular weight excluding hydrogens is 461 g/mol. The lowest BCUT2D eigenvalue weighted by atomic mass is 10.1. The van der Waals surface area contributed by atoms with Gasteiger partial charge in [-0.05, 0) is 56.5 Å². The van der Waals surface area contributed by atoms with Crippen molar-refractivity contribution in [3.63, 3.8) is 0 Å². The van der Waals surface area contributed by atoms with E-state index in [2.05, 4.69) is 58.6 Å². The third kappa shape index (κ3) is 6.65. The number of nitrogens with one attached hydrogen (secondary N) is 2. The van der Waals surface area contributed by atoms with Gasteiger partial charge in [0.2, 0.25) is 0 Å². The Balaban J connectivity index is 0.00000280. The summed E-state index contributed by atoms with van der Waals surface area (Å²) in [5.74, 6) is 0.854. The van der Waals surface area contributed by atoms with E-state index in [0.29, 0.717) is 6.54 Å². The van der Waals surface area contributed by atoms with E-state index >= 15 is 0 Å². The number of halogens is 1. The van der Waals surface area contributed by atoms with Crippen LogP contribution in [0.1, 0.15) is 44.0 Å². The SMILES string of the molecule is CCNC(=NCCc1ccccn1)NC(C)c1cccc(N2CCCC2)c1.I. The van der Waals surface area contributed by atoms with Gasteiger partial charge < -0.3 is 15.5 Å². The van der Waals surface area contributed by atoms with Crippen molar-refractivity contribution in [3.05, 3.63) is 59.9 Å². The summed E-state index contributed by atoms with van der Waals surface area (Å²) in [5, 5.41) is 6.89. The molecule has 1 saturated heterocycles. The summed E-state index contributed by atoms with van der Waals surface area (Å²) < 4.78 is 0. The van der Waals surface area contributed by atoms with Crippen LogP contribution in [0.5, 0.6) is 0 Å². The molecule has 1 aromatic carbocycles. The summed E-state index contributed by atoms with van der Waals surface area (Å²) in [6, 6.07) is 15.1. The zero-order valence-corrected chi connectivity index (χ0v) is 19.2. The molecule has 1 atom stereocenters. The maximum absolute atomic E-state index is 4.72. The van der Waals surface area contributed by atoms with Crippen LogP contribution >= 0.6 is 24.0 Å². The summed E-state index contributed by atoms with van der Waals surface area (Å²) >= 11 is 0. The molecule has 0 amide bonds. The van der Waals surface area contributed by atoms with E-state index in [0.717, 1.165) is 24.6 Å². The lowest BCUT2D eigenvalue weighted by molar-refractivity contribution is 0.685. The molecule has 28 heavy (non-hydrogen) atoms. The van der Waals surface area contributed by atoms with Crippen molar-refractivity contribution in [3.8, 4) is 0 Å². The van der Waals surface area contributed by atoms with Gasteiger partial charge in [-0.3, -0.25) is 9.98 Å². The van der Waals surface area contributed by atoms with Crippen LogP contribution in [0.3, 0.4) is 0 Å². The Morgan fingerprint density at radius 3 is 2.71 bits per heavy atom. The van der Waals surface area contributed by atoms with Gasteiger partial charge in [0.05, 0.1) is 6.04 Å². The van der Waals surface area contributed by atoms with E-state index in [4.69, 9.17) is 4.99 Å². The Hall–Kier alpha value is -1.83.